The minimum atomic E-state index is -3.11. The van der Waals surface area contributed by atoms with Crippen molar-refractivity contribution in [3.05, 3.63) is 0 Å². The summed E-state index contributed by atoms with van der Waals surface area (Å²) in [6, 6.07) is 0. The van der Waals surface area contributed by atoms with E-state index in [1.807, 2.05) is 0 Å². The van der Waals surface area contributed by atoms with Crippen LogP contribution >= 0.6 is 0 Å². The second-order valence-electron chi connectivity index (χ2n) is 9.06. The monoisotopic (exact) mass is 383 g/mol. The molecule has 2 atom stereocenters. The topological polar surface area (TPSA) is 60.9 Å². The molecule has 4 fully saturated rings. The van der Waals surface area contributed by atoms with Crippen molar-refractivity contribution in [2.45, 2.75) is 45.4 Å². The summed E-state index contributed by atoms with van der Waals surface area (Å²) in [5.74, 6) is 0.795. The summed E-state index contributed by atoms with van der Waals surface area (Å²) in [5, 5.41) is 0. The van der Waals surface area contributed by atoms with Crippen LogP contribution in [0.5, 0.6) is 0 Å². The molecule has 1 spiro atoms. The Morgan fingerprint density at radius 2 is 1.69 bits per heavy atom. The zero-order chi connectivity index (χ0) is 18.6. The van der Waals surface area contributed by atoms with Crippen LogP contribution in [0.4, 0.5) is 0 Å². The van der Waals surface area contributed by atoms with E-state index < -0.39 is 10.0 Å². The first-order valence-corrected chi connectivity index (χ1v) is 12.1. The molecule has 1 aliphatic carbocycles. The molecule has 0 radical (unpaired) electrons. The third-order valence-corrected chi connectivity index (χ3v) is 9.18. The molecule has 7 heteroatoms. The van der Waals surface area contributed by atoms with E-state index in [4.69, 9.17) is 0 Å². The van der Waals surface area contributed by atoms with Gasteiger partial charge in [-0.05, 0) is 56.4 Å². The second-order valence-corrected chi connectivity index (χ2v) is 11.0. The van der Waals surface area contributed by atoms with E-state index in [9.17, 15) is 13.2 Å². The smallest absolute Gasteiger partial charge is 0.230 e. The first kappa shape index (κ1) is 18.7. The largest absolute Gasteiger partial charge is 0.342 e. The van der Waals surface area contributed by atoms with Crippen LogP contribution in [-0.4, -0.2) is 80.5 Å². The van der Waals surface area contributed by atoms with Gasteiger partial charge in [0.25, 0.3) is 0 Å². The fraction of sp³-hybridized carbons (Fsp3) is 0.947. The predicted octanol–water partition coefficient (Wildman–Crippen LogP) is 1.38. The van der Waals surface area contributed by atoms with Gasteiger partial charge in [-0.2, -0.15) is 0 Å². The minimum Gasteiger partial charge on any atom is -0.342 e. The number of carbonyl (C=O) groups excluding carboxylic acids is 1. The molecule has 148 valence electrons. The van der Waals surface area contributed by atoms with Crippen molar-refractivity contribution in [2.75, 3.05) is 52.1 Å². The van der Waals surface area contributed by atoms with Crippen molar-refractivity contribution in [3.8, 4) is 0 Å². The fourth-order valence-electron chi connectivity index (χ4n) is 6.35. The number of piperidine rings is 1. The molecular formula is C19H33N3O3S. The number of sulfonamides is 1. The predicted molar refractivity (Wildman–Crippen MR) is 101 cm³/mol. The van der Waals surface area contributed by atoms with E-state index >= 15 is 0 Å². The summed E-state index contributed by atoms with van der Waals surface area (Å²) in [4.78, 5) is 18.1. The van der Waals surface area contributed by atoms with Crippen molar-refractivity contribution < 1.29 is 13.2 Å². The molecule has 0 bridgehead atoms. The Bertz CT molecular complexity index is 666. The Labute approximate surface area is 157 Å². The van der Waals surface area contributed by atoms with Gasteiger partial charge in [-0.1, -0.05) is 6.92 Å². The first-order chi connectivity index (χ1) is 12.3. The van der Waals surface area contributed by atoms with E-state index in [0.717, 1.165) is 71.2 Å². The van der Waals surface area contributed by atoms with Crippen molar-refractivity contribution in [1.82, 2.24) is 14.1 Å². The summed E-state index contributed by atoms with van der Waals surface area (Å²) in [7, 11) is -3.11. The number of carbonyl (C=O) groups is 1. The number of fused-ring (bicyclic) bond motifs is 2. The SMILES string of the molecule is CCN1C[C@@H]2C3(CCN(S(C)(=O)=O)CC3)CC[C@]2(C(=O)N2CCCC2)C1. The van der Waals surface area contributed by atoms with Gasteiger partial charge in [0, 0.05) is 39.3 Å². The van der Waals surface area contributed by atoms with E-state index in [1.54, 1.807) is 4.31 Å². The molecule has 0 aromatic rings. The highest BCUT2D eigenvalue weighted by Crippen LogP contribution is 2.62. The maximum absolute atomic E-state index is 13.6. The molecule has 0 N–H and O–H groups in total. The zero-order valence-corrected chi connectivity index (χ0v) is 17.1. The van der Waals surface area contributed by atoms with Gasteiger partial charge in [0.2, 0.25) is 15.9 Å². The Morgan fingerprint density at radius 3 is 2.27 bits per heavy atom. The fourth-order valence-corrected chi connectivity index (χ4v) is 7.19. The van der Waals surface area contributed by atoms with Crippen molar-refractivity contribution >= 4 is 15.9 Å². The molecule has 1 amide bonds. The summed E-state index contributed by atoms with van der Waals surface area (Å²) in [6.07, 6.45) is 7.50. The van der Waals surface area contributed by atoms with E-state index in [-0.39, 0.29) is 10.8 Å². The van der Waals surface area contributed by atoms with Crippen molar-refractivity contribution in [2.24, 2.45) is 16.7 Å². The zero-order valence-electron chi connectivity index (χ0n) is 16.2. The highest BCUT2D eigenvalue weighted by Gasteiger charge is 2.64. The lowest BCUT2D eigenvalue weighted by molar-refractivity contribution is -0.142. The summed E-state index contributed by atoms with van der Waals surface area (Å²) < 4.78 is 25.5. The van der Waals surface area contributed by atoms with Crippen molar-refractivity contribution in [3.63, 3.8) is 0 Å². The van der Waals surface area contributed by atoms with Gasteiger partial charge < -0.3 is 9.80 Å². The van der Waals surface area contributed by atoms with Crippen LogP contribution in [0.1, 0.15) is 45.4 Å². The van der Waals surface area contributed by atoms with Gasteiger partial charge >= 0.3 is 0 Å². The Hall–Kier alpha value is -0.660. The molecule has 3 heterocycles. The van der Waals surface area contributed by atoms with Gasteiger partial charge in [-0.15, -0.1) is 0 Å². The van der Waals surface area contributed by atoms with E-state index in [2.05, 4.69) is 16.7 Å². The van der Waals surface area contributed by atoms with Gasteiger partial charge in [0.1, 0.15) is 0 Å². The first-order valence-electron chi connectivity index (χ1n) is 10.3. The lowest BCUT2D eigenvalue weighted by atomic mass is 9.66. The quantitative estimate of drug-likeness (QED) is 0.739. The molecule has 3 aliphatic heterocycles. The Morgan fingerprint density at radius 1 is 1.04 bits per heavy atom. The minimum absolute atomic E-state index is 0.153. The summed E-state index contributed by atoms with van der Waals surface area (Å²) in [5.41, 5.74) is -0.0614. The molecule has 26 heavy (non-hydrogen) atoms. The van der Waals surface area contributed by atoms with Crippen LogP contribution in [0, 0.1) is 16.7 Å². The Kier molecular flexibility index (Phi) is 4.64. The standard InChI is InChI=1S/C19H33N3O3S/c1-3-20-14-16-18(8-12-22(13-9-18)26(2,24)25)6-7-19(16,15-20)17(23)21-10-4-5-11-21/h16H,3-15H2,1-2H3/t16-,19+/m1/s1. The van der Waals surface area contributed by atoms with Gasteiger partial charge in [-0.3, -0.25) is 4.79 Å². The molecule has 0 unspecified atom stereocenters. The summed E-state index contributed by atoms with van der Waals surface area (Å²) in [6.45, 7) is 8.19. The second kappa shape index (κ2) is 6.45. The third-order valence-electron chi connectivity index (χ3n) is 7.88. The van der Waals surface area contributed by atoms with Crippen molar-refractivity contribution in [1.29, 1.82) is 0 Å². The van der Waals surface area contributed by atoms with Crippen LogP contribution in [0.25, 0.3) is 0 Å². The number of hydrogen-bond acceptors (Lipinski definition) is 4. The molecule has 0 aromatic heterocycles. The summed E-state index contributed by atoms with van der Waals surface area (Å²) >= 11 is 0. The molecule has 4 rings (SSSR count). The number of nitrogens with zero attached hydrogens (tertiary/aromatic N) is 3. The average molecular weight is 384 g/mol. The van der Waals surface area contributed by atoms with Gasteiger partial charge in [-0.25, -0.2) is 12.7 Å². The van der Waals surface area contributed by atoms with Crippen LogP contribution in [-0.2, 0) is 14.8 Å². The lowest BCUT2D eigenvalue weighted by Crippen LogP contribution is -2.50. The maximum Gasteiger partial charge on any atom is 0.230 e. The molecule has 4 aliphatic rings. The molecule has 3 saturated heterocycles. The number of likely N-dealkylation sites (tertiary alicyclic amines) is 2. The number of rotatable bonds is 3. The maximum atomic E-state index is 13.6. The number of amides is 1. The van der Waals surface area contributed by atoms with E-state index in [1.165, 1.54) is 6.26 Å². The highest BCUT2D eigenvalue weighted by atomic mass is 32.2. The van der Waals surface area contributed by atoms with Crippen LogP contribution in [0.2, 0.25) is 0 Å². The molecule has 1 saturated carbocycles. The van der Waals surface area contributed by atoms with Gasteiger partial charge in [0.15, 0.2) is 0 Å². The van der Waals surface area contributed by atoms with Crippen LogP contribution in [0.15, 0.2) is 0 Å². The Balaban J connectivity index is 1.59. The van der Waals surface area contributed by atoms with Crippen LogP contribution < -0.4 is 0 Å². The lowest BCUT2D eigenvalue weighted by Gasteiger charge is -2.44. The number of hydrogen-bond donors (Lipinski definition) is 0. The highest BCUT2D eigenvalue weighted by molar-refractivity contribution is 7.88. The van der Waals surface area contributed by atoms with Gasteiger partial charge in [0.05, 0.1) is 11.7 Å². The normalized spacial score (nSPS) is 35.3. The molecule has 0 aromatic carbocycles. The van der Waals surface area contributed by atoms with E-state index in [0.29, 0.717) is 24.9 Å². The third kappa shape index (κ3) is 2.81. The average Bonchev–Trinajstić information content (AvgIpc) is 3.31. The molecular weight excluding hydrogens is 350 g/mol. The molecule has 6 nitrogen and oxygen atoms in total. The van der Waals surface area contributed by atoms with Crippen LogP contribution in [0.3, 0.4) is 0 Å².